The number of nitrogens with one attached hydrogen (secondary N) is 1. The number of hydrogen-bond acceptors (Lipinski definition) is 5. The topological polar surface area (TPSA) is 68.0 Å². The molecule has 1 aliphatic heterocycles. The van der Waals surface area contributed by atoms with Gasteiger partial charge in [-0.15, -0.1) is 0 Å². The molecule has 0 aliphatic carbocycles. The predicted molar refractivity (Wildman–Crippen MR) is 57.0 cm³/mol. The zero-order valence-electron chi connectivity index (χ0n) is 8.64. The Bertz CT molecular complexity index is 535. The number of Topliss-reactive ketones (excluding diaryl/α,β-unsaturated/α-hetero) is 1. The van der Waals surface area contributed by atoms with E-state index < -0.39 is 0 Å². The van der Waals surface area contributed by atoms with Crippen molar-refractivity contribution >= 4 is 16.9 Å². The first-order valence-corrected chi connectivity index (χ1v) is 5.29. The summed E-state index contributed by atoms with van der Waals surface area (Å²) in [6.07, 6.45) is 3.83. The van der Waals surface area contributed by atoms with E-state index in [-0.39, 0.29) is 11.7 Å². The Morgan fingerprint density at radius 1 is 1.50 bits per heavy atom. The molecule has 1 atom stereocenters. The largest absolute Gasteiger partial charge is 0.354 e. The molecule has 0 bridgehead atoms. The Kier molecular flexibility index (Phi) is 2.18. The maximum absolute atomic E-state index is 11.8. The molecule has 0 saturated carbocycles. The van der Waals surface area contributed by atoms with Crippen molar-refractivity contribution in [1.29, 1.82) is 0 Å². The average molecular weight is 217 g/mol. The second-order valence-corrected chi connectivity index (χ2v) is 3.91. The number of carbonyl (C=O) groups is 1. The molecule has 3 heterocycles. The van der Waals surface area contributed by atoms with Gasteiger partial charge < -0.3 is 9.84 Å². The first-order valence-electron chi connectivity index (χ1n) is 5.29. The highest BCUT2D eigenvalue weighted by atomic mass is 16.5. The number of rotatable bonds is 1. The molecule has 0 aromatic carbocycles. The van der Waals surface area contributed by atoms with Crippen LogP contribution in [0.3, 0.4) is 0 Å². The zero-order valence-corrected chi connectivity index (χ0v) is 8.64. The number of aromatic nitrogens is 2. The molecular weight excluding hydrogens is 206 g/mol. The van der Waals surface area contributed by atoms with Gasteiger partial charge in [-0.05, 0) is 6.07 Å². The predicted octanol–water partition coefficient (Wildman–Crippen LogP) is 0.869. The Hall–Kier alpha value is -1.75. The lowest BCUT2D eigenvalue weighted by Crippen LogP contribution is -2.35. The van der Waals surface area contributed by atoms with Gasteiger partial charge in [0, 0.05) is 31.3 Å². The third kappa shape index (κ3) is 1.40. The molecule has 1 unspecified atom stereocenters. The Balaban J connectivity index is 2.10. The van der Waals surface area contributed by atoms with Crippen LogP contribution < -0.4 is 5.32 Å². The molecular formula is C11H11N3O2. The quantitative estimate of drug-likeness (QED) is 0.767. The van der Waals surface area contributed by atoms with Gasteiger partial charge >= 0.3 is 0 Å². The Morgan fingerprint density at radius 3 is 3.31 bits per heavy atom. The van der Waals surface area contributed by atoms with Gasteiger partial charge in [0.1, 0.15) is 11.3 Å². The van der Waals surface area contributed by atoms with Gasteiger partial charge in [-0.3, -0.25) is 9.78 Å². The molecule has 1 aliphatic rings. The maximum Gasteiger partial charge on any atom is 0.189 e. The van der Waals surface area contributed by atoms with Gasteiger partial charge in [-0.25, -0.2) is 0 Å². The van der Waals surface area contributed by atoms with Gasteiger partial charge in [0.05, 0.1) is 12.1 Å². The summed E-state index contributed by atoms with van der Waals surface area (Å²) in [6.45, 7) is 1.43. The van der Waals surface area contributed by atoms with Crippen molar-refractivity contribution in [1.82, 2.24) is 15.5 Å². The number of nitrogens with zero attached hydrogens (tertiary/aromatic N) is 2. The van der Waals surface area contributed by atoms with Crippen molar-refractivity contribution in [3.63, 3.8) is 0 Å². The number of pyridine rings is 1. The van der Waals surface area contributed by atoms with E-state index >= 15 is 0 Å². The van der Waals surface area contributed by atoms with Gasteiger partial charge in [0.25, 0.3) is 0 Å². The fraction of sp³-hybridized carbons (Fsp3) is 0.364. The summed E-state index contributed by atoms with van der Waals surface area (Å²) in [4.78, 5) is 16.0. The highest BCUT2D eigenvalue weighted by Crippen LogP contribution is 2.26. The van der Waals surface area contributed by atoms with E-state index in [1.807, 2.05) is 6.07 Å². The molecule has 0 spiro atoms. The van der Waals surface area contributed by atoms with Gasteiger partial charge in [0.2, 0.25) is 0 Å². The lowest BCUT2D eigenvalue weighted by molar-refractivity contribution is -0.121. The third-order valence-electron chi connectivity index (χ3n) is 2.94. The van der Waals surface area contributed by atoms with Crippen LogP contribution in [0.25, 0.3) is 11.1 Å². The lowest BCUT2D eigenvalue weighted by atomic mass is 9.90. The van der Waals surface area contributed by atoms with Crippen molar-refractivity contribution in [2.24, 2.45) is 0 Å². The molecule has 2 aromatic rings. The maximum atomic E-state index is 11.8. The number of carbonyl (C=O) groups excluding carboxylic acids is 1. The molecule has 2 aromatic heterocycles. The van der Waals surface area contributed by atoms with Crippen LogP contribution in [0.1, 0.15) is 17.9 Å². The average Bonchev–Trinajstić information content (AvgIpc) is 2.77. The summed E-state index contributed by atoms with van der Waals surface area (Å²) < 4.78 is 5.16. The van der Waals surface area contributed by atoms with Crippen molar-refractivity contribution in [3.05, 3.63) is 24.0 Å². The smallest absolute Gasteiger partial charge is 0.189 e. The summed E-state index contributed by atoms with van der Waals surface area (Å²) in [5.41, 5.74) is 2.22. The van der Waals surface area contributed by atoms with Crippen LogP contribution in [0.15, 0.2) is 23.0 Å². The first kappa shape index (κ1) is 9.47. The van der Waals surface area contributed by atoms with Crippen molar-refractivity contribution in [2.45, 2.75) is 12.3 Å². The first-order chi connectivity index (χ1) is 7.86. The summed E-state index contributed by atoms with van der Waals surface area (Å²) in [5.74, 6) is 0.120. The molecule has 3 rings (SSSR count). The minimum Gasteiger partial charge on any atom is -0.354 e. The SMILES string of the molecule is O=C1CCNCC1c1ccnc2cnoc12. The normalized spacial score (nSPS) is 21.5. The standard InChI is InChI=1S/C11H11N3O2/c15-10-2-3-12-5-8(10)7-1-4-13-9-6-14-16-11(7)9/h1,4,6,8,12H,2-3,5H2. The summed E-state index contributed by atoms with van der Waals surface area (Å²) >= 11 is 0. The van der Waals surface area contributed by atoms with E-state index in [9.17, 15) is 4.79 Å². The molecule has 82 valence electrons. The summed E-state index contributed by atoms with van der Waals surface area (Å²) in [5, 5.41) is 6.93. The minimum atomic E-state index is -0.132. The summed E-state index contributed by atoms with van der Waals surface area (Å²) in [7, 11) is 0. The van der Waals surface area contributed by atoms with E-state index in [4.69, 9.17) is 4.52 Å². The van der Waals surface area contributed by atoms with Crippen LogP contribution >= 0.6 is 0 Å². The summed E-state index contributed by atoms with van der Waals surface area (Å²) in [6, 6.07) is 1.84. The zero-order chi connectivity index (χ0) is 11.0. The fourth-order valence-electron chi connectivity index (χ4n) is 2.10. The second kappa shape index (κ2) is 3.68. The van der Waals surface area contributed by atoms with Crippen LogP contribution in [-0.2, 0) is 4.79 Å². The van der Waals surface area contributed by atoms with Crippen LogP contribution in [0.5, 0.6) is 0 Å². The number of piperidine rings is 1. The molecule has 16 heavy (non-hydrogen) atoms. The van der Waals surface area contributed by atoms with Crippen molar-refractivity contribution < 1.29 is 9.32 Å². The van der Waals surface area contributed by atoms with E-state index in [0.29, 0.717) is 24.1 Å². The third-order valence-corrected chi connectivity index (χ3v) is 2.94. The fourth-order valence-corrected chi connectivity index (χ4v) is 2.10. The molecule has 5 heteroatoms. The Morgan fingerprint density at radius 2 is 2.44 bits per heavy atom. The Labute approximate surface area is 91.8 Å². The molecule has 1 saturated heterocycles. The van der Waals surface area contributed by atoms with Gasteiger partial charge in [-0.2, -0.15) is 0 Å². The number of hydrogen-bond donors (Lipinski definition) is 1. The second-order valence-electron chi connectivity index (χ2n) is 3.91. The number of ketones is 1. The van der Waals surface area contributed by atoms with E-state index in [0.717, 1.165) is 12.1 Å². The highest BCUT2D eigenvalue weighted by molar-refractivity contribution is 5.91. The van der Waals surface area contributed by atoms with Crippen molar-refractivity contribution in [3.8, 4) is 0 Å². The molecule has 1 fully saturated rings. The van der Waals surface area contributed by atoms with Gasteiger partial charge in [-0.1, -0.05) is 5.16 Å². The van der Waals surface area contributed by atoms with Gasteiger partial charge in [0.15, 0.2) is 5.58 Å². The number of fused-ring (bicyclic) bond motifs is 1. The van der Waals surface area contributed by atoms with Crippen LogP contribution in [0.2, 0.25) is 0 Å². The van der Waals surface area contributed by atoms with Crippen LogP contribution in [0, 0.1) is 0 Å². The van der Waals surface area contributed by atoms with Crippen molar-refractivity contribution in [2.75, 3.05) is 13.1 Å². The van der Waals surface area contributed by atoms with E-state index in [2.05, 4.69) is 15.5 Å². The molecule has 0 radical (unpaired) electrons. The molecule has 5 nitrogen and oxygen atoms in total. The lowest BCUT2D eigenvalue weighted by Gasteiger charge is -2.21. The van der Waals surface area contributed by atoms with Crippen LogP contribution in [0.4, 0.5) is 0 Å². The van der Waals surface area contributed by atoms with E-state index in [1.54, 1.807) is 12.4 Å². The van der Waals surface area contributed by atoms with E-state index in [1.165, 1.54) is 0 Å². The molecule has 0 amide bonds. The highest BCUT2D eigenvalue weighted by Gasteiger charge is 2.26. The van der Waals surface area contributed by atoms with Crippen LogP contribution in [-0.4, -0.2) is 29.0 Å². The minimum absolute atomic E-state index is 0.132. The molecule has 1 N–H and O–H groups in total. The monoisotopic (exact) mass is 217 g/mol.